The third-order valence-corrected chi connectivity index (χ3v) is 2.79. The predicted molar refractivity (Wildman–Crippen MR) is 78.0 cm³/mol. The molecule has 0 radical (unpaired) electrons. The van der Waals surface area contributed by atoms with Crippen LogP contribution in [-0.2, 0) is 10.2 Å². The van der Waals surface area contributed by atoms with Crippen LogP contribution in [0, 0.1) is 0 Å². The highest BCUT2D eigenvalue weighted by molar-refractivity contribution is 5.85. The monoisotopic (exact) mass is 270 g/mol. The van der Waals surface area contributed by atoms with Crippen molar-refractivity contribution in [3.05, 3.63) is 35.9 Å². The highest BCUT2D eigenvalue weighted by atomic mass is 35.5. The van der Waals surface area contributed by atoms with Crippen LogP contribution in [0.15, 0.2) is 30.3 Å². The van der Waals surface area contributed by atoms with Crippen LogP contribution in [0.3, 0.4) is 0 Å². The van der Waals surface area contributed by atoms with Crippen molar-refractivity contribution in [2.24, 2.45) is 5.73 Å². The summed E-state index contributed by atoms with van der Waals surface area (Å²) in [6, 6.07) is 10.1. The van der Waals surface area contributed by atoms with E-state index in [0.717, 1.165) is 0 Å². The fraction of sp³-hybridized carbons (Fsp3) is 0.500. The summed E-state index contributed by atoms with van der Waals surface area (Å²) in [6.07, 6.45) is 0.380. The number of amides is 1. The standard InChI is InChI=1S/C14H22N2O.ClH/c1-11(15)9-13(17)16-10-14(2,3)12-7-5-4-6-8-12;/h4-8,11H,9-10,15H2,1-3H3,(H,16,17);1H. The maximum absolute atomic E-state index is 11.5. The third kappa shape index (κ3) is 5.52. The Balaban J connectivity index is 0.00000289. The van der Waals surface area contributed by atoms with Crippen LogP contribution in [0.5, 0.6) is 0 Å². The van der Waals surface area contributed by atoms with E-state index in [9.17, 15) is 4.79 Å². The van der Waals surface area contributed by atoms with Crippen LogP contribution in [0.1, 0.15) is 32.8 Å². The fourth-order valence-electron chi connectivity index (χ4n) is 1.68. The molecule has 1 aromatic carbocycles. The molecule has 1 amide bonds. The van der Waals surface area contributed by atoms with E-state index in [4.69, 9.17) is 5.73 Å². The first-order chi connectivity index (χ1) is 7.92. The summed E-state index contributed by atoms with van der Waals surface area (Å²) in [6.45, 7) is 6.70. The minimum Gasteiger partial charge on any atom is -0.355 e. The van der Waals surface area contributed by atoms with Crippen molar-refractivity contribution < 1.29 is 4.79 Å². The molecule has 0 heterocycles. The van der Waals surface area contributed by atoms with Gasteiger partial charge in [0.25, 0.3) is 0 Å². The molecule has 1 unspecified atom stereocenters. The highest BCUT2D eigenvalue weighted by Gasteiger charge is 2.21. The molecule has 0 spiro atoms. The Morgan fingerprint density at radius 3 is 2.39 bits per heavy atom. The largest absolute Gasteiger partial charge is 0.355 e. The van der Waals surface area contributed by atoms with E-state index in [1.54, 1.807) is 0 Å². The van der Waals surface area contributed by atoms with Crippen LogP contribution < -0.4 is 11.1 Å². The molecule has 0 saturated carbocycles. The summed E-state index contributed by atoms with van der Waals surface area (Å²) in [5, 5.41) is 2.93. The molecule has 0 fully saturated rings. The van der Waals surface area contributed by atoms with Gasteiger partial charge >= 0.3 is 0 Å². The molecule has 1 atom stereocenters. The first kappa shape index (κ1) is 16.9. The van der Waals surface area contributed by atoms with Crippen LogP contribution >= 0.6 is 12.4 Å². The Bertz CT molecular complexity index is 363. The lowest BCUT2D eigenvalue weighted by Gasteiger charge is -2.25. The van der Waals surface area contributed by atoms with Crippen molar-refractivity contribution in [1.82, 2.24) is 5.32 Å². The molecule has 0 aromatic heterocycles. The van der Waals surface area contributed by atoms with Crippen molar-refractivity contribution in [3.63, 3.8) is 0 Å². The fourth-order valence-corrected chi connectivity index (χ4v) is 1.68. The second kappa shape index (κ2) is 7.39. The molecule has 1 rings (SSSR count). The van der Waals surface area contributed by atoms with Gasteiger partial charge in [0.2, 0.25) is 5.91 Å². The molecular formula is C14H23ClN2O. The number of benzene rings is 1. The van der Waals surface area contributed by atoms with Crippen molar-refractivity contribution in [2.45, 2.75) is 38.6 Å². The Labute approximate surface area is 116 Å². The molecular weight excluding hydrogens is 248 g/mol. The Hall–Kier alpha value is -1.06. The lowest BCUT2D eigenvalue weighted by molar-refractivity contribution is -0.121. The first-order valence-electron chi connectivity index (χ1n) is 5.99. The zero-order valence-electron chi connectivity index (χ0n) is 11.3. The van der Waals surface area contributed by atoms with Gasteiger partial charge < -0.3 is 11.1 Å². The molecule has 0 aliphatic rings. The molecule has 0 aliphatic carbocycles. The zero-order chi connectivity index (χ0) is 12.9. The Morgan fingerprint density at radius 1 is 1.33 bits per heavy atom. The molecule has 18 heavy (non-hydrogen) atoms. The SMILES string of the molecule is CC(N)CC(=O)NCC(C)(C)c1ccccc1.Cl. The van der Waals surface area contributed by atoms with Crippen molar-refractivity contribution in [2.75, 3.05) is 6.54 Å². The van der Waals surface area contributed by atoms with Gasteiger partial charge in [0.1, 0.15) is 0 Å². The summed E-state index contributed by atoms with van der Waals surface area (Å²) < 4.78 is 0. The maximum atomic E-state index is 11.5. The summed E-state index contributed by atoms with van der Waals surface area (Å²) >= 11 is 0. The lowest BCUT2D eigenvalue weighted by atomic mass is 9.84. The Morgan fingerprint density at radius 2 is 1.89 bits per heavy atom. The molecule has 0 bridgehead atoms. The van der Waals surface area contributed by atoms with Gasteiger partial charge in [-0.3, -0.25) is 4.79 Å². The minimum absolute atomic E-state index is 0. The summed E-state index contributed by atoms with van der Waals surface area (Å²) in [4.78, 5) is 11.5. The second-order valence-corrected chi connectivity index (χ2v) is 5.21. The molecule has 4 heteroatoms. The Kier molecular flexibility index (Phi) is 6.96. The van der Waals surface area contributed by atoms with Gasteiger partial charge in [-0.25, -0.2) is 0 Å². The first-order valence-corrected chi connectivity index (χ1v) is 5.99. The highest BCUT2D eigenvalue weighted by Crippen LogP contribution is 2.21. The van der Waals surface area contributed by atoms with E-state index in [2.05, 4.69) is 31.3 Å². The maximum Gasteiger partial charge on any atom is 0.221 e. The lowest BCUT2D eigenvalue weighted by Crippen LogP contribution is -2.38. The van der Waals surface area contributed by atoms with E-state index in [1.807, 2.05) is 25.1 Å². The number of nitrogens with one attached hydrogen (secondary N) is 1. The molecule has 0 aliphatic heterocycles. The van der Waals surface area contributed by atoms with Gasteiger partial charge in [0, 0.05) is 24.4 Å². The van der Waals surface area contributed by atoms with Gasteiger partial charge in [-0.1, -0.05) is 44.2 Å². The van der Waals surface area contributed by atoms with Crippen LogP contribution in [0.4, 0.5) is 0 Å². The molecule has 0 saturated heterocycles. The van der Waals surface area contributed by atoms with Crippen LogP contribution in [0.2, 0.25) is 0 Å². The van der Waals surface area contributed by atoms with Gasteiger partial charge in [-0.2, -0.15) is 0 Å². The molecule has 1 aromatic rings. The van der Waals surface area contributed by atoms with Crippen molar-refractivity contribution in [3.8, 4) is 0 Å². The smallest absolute Gasteiger partial charge is 0.221 e. The van der Waals surface area contributed by atoms with E-state index in [0.29, 0.717) is 13.0 Å². The summed E-state index contributed by atoms with van der Waals surface area (Å²) in [7, 11) is 0. The van der Waals surface area contributed by atoms with Crippen LogP contribution in [-0.4, -0.2) is 18.5 Å². The van der Waals surface area contributed by atoms with Gasteiger partial charge in [-0.15, -0.1) is 12.4 Å². The number of nitrogens with two attached hydrogens (primary N) is 1. The van der Waals surface area contributed by atoms with E-state index in [-0.39, 0.29) is 29.8 Å². The molecule has 3 nitrogen and oxygen atoms in total. The van der Waals surface area contributed by atoms with E-state index < -0.39 is 0 Å². The number of hydrogen-bond donors (Lipinski definition) is 2. The van der Waals surface area contributed by atoms with Gasteiger partial charge in [0.15, 0.2) is 0 Å². The number of hydrogen-bond acceptors (Lipinski definition) is 2. The number of carbonyl (C=O) groups excluding carboxylic acids is 1. The van der Waals surface area contributed by atoms with Gasteiger partial charge in [-0.05, 0) is 12.5 Å². The van der Waals surface area contributed by atoms with E-state index >= 15 is 0 Å². The van der Waals surface area contributed by atoms with Gasteiger partial charge in [0.05, 0.1) is 0 Å². The predicted octanol–water partition coefficient (Wildman–Crippen LogP) is 2.24. The number of halogens is 1. The topological polar surface area (TPSA) is 55.1 Å². The average Bonchev–Trinajstić information content (AvgIpc) is 2.27. The van der Waals surface area contributed by atoms with Crippen LogP contribution in [0.25, 0.3) is 0 Å². The van der Waals surface area contributed by atoms with E-state index in [1.165, 1.54) is 5.56 Å². The normalized spacial score (nSPS) is 12.4. The average molecular weight is 271 g/mol. The minimum atomic E-state index is -0.0881. The summed E-state index contributed by atoms with van der Waals surface area (Å²) in [5.41, 5.74) is 6.75. The molecule has 102 valence electrons. The van der Waals surface area contributed by atoms with Crippen molar-refractivity contribution >= 4 is 18.3 Å². The quantitative estimate of drug-likeness (QED) is 0.862. The molecule has 3 N–H and O–H groups in total. The second-order valence-electron chi connectivity index (χ2n) is 5.21. The number of carbonyl (C=O) groups is 1. The third-order valence-electron chi connectivity index (χ3n) is 2.79. The van der Waals surface area contributed by atoms with Crippen molar-refractivity contribution in [1.29, 1.82) is 0 Å². The number of rotatable bonds is 5. The zero-order valence-corrected chi connectivity index (χ0v) is 12.1. The summed E-state index contributed by atoms with van der Waals surface area (Å²) in [5.74, 6) is 0.0176.